The Balaban J connectivity index is 1.71. The Hall–Kier alpha value is -1.26. The smallest absolute Gasteiger partial charge is 0.154 e. The van der Waals surface area contributed by atoms with Crippen LogP contribution in [0.4, 0.5) is 0 Å². The van der Waals surface area contributed by atoms with Crippen molar-refractivity contribution < 1.29 is 4.52 Å². The zero-order chi connectivity index (χ0) is 15.5. The van der Waals surface area contributed by atoms with Crippen LogP contribution in [0.15, 0.2) is 39.8 Å². The summed E-state index contributed by atoms with van der Waals surface area (Å²) < 4.78 is 5.62. The van der Waals surface area contributed by atoms with Gasteiger partial charge in [0, 0.05) is 17.5 Å². The first kappa shape index (κ1) is 15.6. The fraction of sp³-hybridized carbons (Fsp3) is 0.500. The summed E-state index contributed by atoms with van der Waals surface area (Å²) in [4.78, 5) is 3.83. The summed E-state index contributed by atoms with van der Waals surface area (Å²) in [5, 5.41) is 4.22. The third-order valence-electron chi connectivity index (χ3n) is 4.37. The van der Waals surface area contributed by atoms with E-state index >= 15 is 0 Å². The van der Waals surface area contributed by atoms with Gasteiger partial charge in [0.1, 0.15) is 0 Å². The Morgan fingerprint density at radius 1 is 1.32 bits per heavy atom. The van der Waals surface area contributed by atoms with Gasteiger partial charge in [0.25, 0.3) is 0 Å². The Bertz CT molecular complexity index is 606. The van der Waals surface area contributed by atoms with Crippen LogP contribution in [-0.2, 0) is 6.54 Å². The molecule has 1 fully saturated rings. The van der Waals surface area contributed by atoms with E-state index in [1.54, 1.807) is 11.8 Å². The van der Waals surface area contributed by atoms with Crippen molar-refractivity contribution in [1.82, 2.24) is 10.1 Å². The third kappa shape index (κ3) is 3.39. The fourth-order valence-corrected chi connectivity index (χ4v) is 3.44. The molecule has 0 N–H and O–H groups in total. The maximum atomic E-state index is 5.62. The maximum absolute atomic E-state index is 5.62. The molecule has 1 atom stereocenters. The van der Waals surface area contributed by atoms with Crippen molar-refractivity contribution >= 4 is 11.8 Å². The predicted molar refractivity (Wildman–Crippen MR) is 91.2 cm³/mol. The van der Waals surface area contributed by atoms with E-state index in [1.807, 2.05) is 0 Å². The number of hydrogen-bond donors (Lipinski definition) is 0. The molecule has 1 saturated heterocycles. The topological polar surface area (TPSA) is 29.3 Å². The molecule has 22 heavy (non-hydrogen) atoms. The second kappa shape index (κ2) is 6.88. The molecule has 1 aliphatic heterocycles. The highest BCUT2D eigenvalue weighted by Gasteiger charge is 2.29. The summed E-state index contributed by atoms with van der Waals surface area (Å²) in [6.07, 6.45) is 4.50. The number of benzene rings is 1. The van der Waals surface area contributed by atoms with Gasteiger partial charge in [-0.3, -0.25) is 4.90 Å². The van der Waals surface area contributed by atoms with E-state index in [9.17, 15) is 0 Å². The molecule has 4 heteroatoms. The van der Waals surface area contributed by atoms with Gasteiger partial charge in [-0.25, -0.2) is 0 Å². The van der Waals surface area contributed by atoms with E-state index in [4.69, 9.17) is 4.52 Å². The molecule has 0 saturated carbocycles. The van der Waals surface area contributed by atoms with E-state index < -0.39 is 0 Å². The van der Waals surface area contributed by atoms with Crippen LogP contribution >= 0.6 is 11.8 Å². The van der Waals surface area contributed by atoms with E-state index in [0.717, 1.165) is 31.0 Å². The molecule has 0 spiro atoms. The number of aromatic nitrogens is 1. The molecule has 0 radical (unpaired) electrons. The first-order chi connectivity index (χ1) is 10.7. The van der Waals surface area contributed by atoms with Crippen LogP contribution in [0.1, 0.15) is 55.7 Å². The van der Waals surface area contributed by atoms with Gasteiger partial charge in [-0.2, -0.15) is 0 Å². The zero-order valence-electron chi connectivity index (χ0n) is 13.6. The van der Waals surface area contributed by atoms with Gasteiger partial charge in [-0.05, 0) is 49.3 Å². The van der Waals surface area contributed by atoms with Crippen molar-refractivity contribution in [3.05, 3.63) is 47.3 Å². The number of thioether (sulfide) groups is 1. The zero-order valence-corrected chi connectivity index (χ0v) is 14.4. The van der Waals surface area contributed by atoms with Crippen molar-refractivity contribution in [1.29, 1.82) is 0 Å². The lowest BCUT2D eigenvalue weighted by atomic mass is 10.1. The molecule has 0 amide bonds. The van der Waals surface area contributed by atoms with Gasteiger partial charge in [-0.1, -0.05) is 31.1 Å². The van der Waals surface area contributed by atoms with Crippen LogP contribution in [0.5, 0.6) is 0 Å². The van der Waals surface area contributed by atoms with Crippen LogP contribution in [0, 0.1) is 0 Å². The minimum Gasteiger partial charge on any atom is -0.359 e. The largest absolute Gasteiger partial charge is 0.359 e. The SMILES string of the molecule is CSc1ccc(CN2CCC[C@H]2c2cc(C(C)C)no2)cc1. The predicted octanol–water partition coefficient (Wildman–Crippen LogP) is 4.86. The highest BCUT2D eigenvalue weighted by atomic mass is 32.2. The number of likely N-dealkylation sites (tertiary alicyclic amines) is 1. The number of rotatable bonds is 5. The average molecular weight is 316 g/mol. The molecule has 3 rings (SSSR count). The minimum atomic E-state index is 0.375. The summed E-state index contributed by atoms with van der Waals surface area (Å²) in [5.74, 6) is 1.45. The molecule has 0 unspecified atom stereocenters. The number of hydrogen-bond acceptors (Lipinski definition) is 4. The standard InChI is InChI=1S/C18H24N2OS/c1-13(2)16-11-18(21-19-16)17-5-4-10-20(17)12-14-6-8-15(22-3)9-7-14/h6-9,11,13,17H,4-5,10,12H2,1-3H3/t17-/m0/s1. The molecule has 1 aromatic carbocycles. The highest BCUT2D eigenvalue weighted by Crippen LogP contribution is 2.34. The summed E-state index contributed by atoms with van der Waals surface area (Å²) in [5.41, 5.74) is 2.43. The number of nitrogens with zero attached hydrogens (tertiary/aromatic N) is 2. The quantitative estimate of drug-likeness (QED) is 0.737. The van der Waals surface area contributed by atoms with E-state index in [1.165, 1.54) is 16.9 Å². The lowest BCUT2D eigenvalue weighted by molar-refractivity contribution is 0.206. The third-order valence-corrected chi connectivity index (χ3v) is 5.12. The molecule has 3 nitrogen and oxygen atoms in total. The Labute approximate surface area is 137 Å². The fourth-order valence-electron chi connectivity index (χ4n) is 3.04. The molecule has 118 valence electrons. The van der Waals surface area contributed by atoms with Crippen molar-refractivity contribution in [3.63, 3.8) is 0 Å². The van der Waals surface area contributed by atoms with Gasteiger partial charge in [0.05, 0.1) is 11.7 Å². The molecule has 0 bridgehead atoms. The van der Waals surface area contributed by atoms with Gasteiger partial charge < -0.3 is 4.52 Å². The lowest BCUT2D eigenvalue weighted by Gasteiger charge is -2.22. The molecular formula is C18H24N2OS. The summed E-state index contributed by atoms with van der Waals surface area (Å²) in [6, 6.07) is 11.4. The molecule has 0 aliphatic carbocycles. The average Bonchev–Trinajstić information content (AvgIpc) is 3.16. The normalized spacial score (nSPS) is 19.2. The van der Waals surface area contributed by atoms with Crippen LogP contribution in [0.3, 0.4) is 0 Å². The van der Waals surface area contributed by atoms with Crippen LogP contribution in [-0.4, -0.2) is 22.9 Å². The van der Waals surface area contributed by atoms with E-state index in [0.29, 0.717) is 12.0 Å². The lowest BCUT2D eigenvalue weighted by Crippen LogP contribution is -2.22. The Morgan fingerprint density at radius 3 is 2.73 bits per heavy atom. The second-order valence-corrected chi connectivity index (χ2v) is 7.17. The Morgan fingerprint density at radius 2 is 2.09 bits per heavy atom. The first-order valence-electron chi connectivity index (χ1n) is 8.01. The van der Waals surface area contributed by atoms with Crippen molar-refractivity contribution in [2.24, 2.45) is 0 Å². The summed E-state index contributed by atoms with van der Waals surface area (Å²) in [7, 11) is 0. The molecule has 1 aromatic heterocycles. The van der Waals surface area contributed by atoms with Crippen molar-refractivity contribution in [2.45, 2.75) is 50.1 Å². The van der Waals surface area contributed by atoms with Gasteiger partial charge in [-0.15, -0.1) is 11.8 Å². The molecule has 2 heterocycles. The minimum absolute atomic E-state index is 0.375. The Kier molecular flexibility index (Phi) is 4.89. The van der Waals surface area contributed by atoms with Gasteiger partial charge >= 0.3 is 0 Å². The van der Waals surface area contributed by atoms with Gasteiger partial charge in [0.2, 0.25) is 0 Å². The van der Waals surface area contributed by atoms with E-state index in [-0.39, 0.29) is 0 Å². The van der Waals surface area contributed by atoms with Crippen LogP contribution in [0.25, 0.3) is 0 Å². The van der Waals surface area contributed by atoms with Gasteiger partial charge in [0.15, 0.2) is 5.76 Å². The summed E-state index contributed by atoms with van der Waals surface area (Å²) in [6.45, 7) is 6.42. The second-order valence-electron chi connectivity index (χ2n) is 6.29. The first-order valence-corrected chi connectivity index (χ1v) is 9.23. The monoisotopic (exact) mass is 316 g/mol. The molecule has 2 aromatic rings. The van der Waals surface area contributed by atoms with Crippen LogP contribution < -0.4 is 0 Å². The van der Waals surface area contributed by atoms with Crippen molar-refractivity contribution in [3.8, 4) is 0 Å². The highest BCUT2D eigenvalue weighted by molar-refractivity contribution is 7.98. The van der Waals surface area contributed by atoms with Crippen molar-refractivity contribution in [2.75, 3.05) is 12.8 Å². The summed E-state index contributed by atoms with van der Waals surface area (Å²) >= 11 is 1.79. The van der Waals surface area contributed by atoms with Crippen LogP contribution in [0.2, 0.25) is 0 Å². The van der Waals surface area contributed by atoms with E-state index in [2.05, 4.69) is 60.5 Å². The molecular weight excluding hydrogens is 292 g/mol. The maximum Gasteiger partial charge on any atom is 0.154 e. The molecule has 1 aliphatic rings.